The number of hydrogen-bond acceptors (Lipinski definition) is 3. The zero-order valence-electron chi connectivity index (χ0n) is 17.9. The van der Waals surface area contributed by atoms with Crippen molar-refractivity contribution in [1.29, 1.82) is 0 Å². The Morgan fingerprint density at radius 1 is 0.824 bits per heavy atom. The zero-order chi connectivity index (χ0) is 23.7. The molecule has 2 N–H and O–H groups in total. The van der Waals surface area contributed by atoms with Crippen molar-refractivity contribution in [1.82, 2.24) is 0 Å². The summed E-state index contributed by atoms with van der Waals surface area (Å²) in [5.74, 6) is -0.524. The van der Waals surface area contributed by atoms with Crippen molar-refractivity contribution < 1.29 is 9.59 Å². The largest absolute Gasteiger partial charge is 0.379 e. The van der Waals surface area contributed by atoms with Gasteiger partial charge in [-0.05, 0) is 66.2 Å². The van der Waals surface area contributed by atoms with Gasteiger partial charge >= 0.3 is 0 Å². The van der Waals surface area contributed by atoms with Gasteiger partial charge in [0.2, 0.25) is 0 Å². The van der Waals surface area contributed by atoms with Crippen molar-refractivity contribution in [2.24, 2.45) is 0 Å². The number of carbonyl (C=O) groups excluding carboxylic acids is 2. The van der Waals surface area contributed by atoms with Gasteiger partial charge < -0.3 is 10.6 Å². The van der Waals surface area contributed by atoms with Gasteiger partial charge in [0.25, 0.3) is 11.8 Å². The fourth-order valence-electron chi connectivity index (χ4n) is 3.93. The van der Waals surface area contributed by atoms with Crippen LogP contribution in [0.1, 0.15) is 26.3 Å². The molecule has 1 aliphatic rings. The van der Waals surface area contributed by atoms with Crippen LogP contribution in [0.2, 0.25) is 10.0 Å². The monoisotopic (exact) mass is 487 g/mol. The lowest BCUT2D eigenvalue weighted by Gasteiger charge is -2.24. The lowest BCUT2D eigenvalue weighted by Crippen LogP contribution is -2.26. The first kappa shape index (κ1) is 22.0. The van der Waals surface area contributed by atoms with Gasteiger partial charge in [-0.3, -0.25) is 14.5 Å². The van der Waals surface area contributed by atoms with Gasteiger partial charge in [0.15, 0.2) is 0 Å². The number of para-hydroxylation sites is 3. The second-order valence-electron chi connectivity index (χ2n) is 7.80. The normalized spacial score (nSPS) is 12.1. The van der Waals surface area contributed by atoms with Crippen LogP contribution < -0.4 is 15.5 Å². The summed E-state index contributed by atoms with van der Waals surface area (Å²) in [5, 5.41) is 6.94. The summed E-state index contributed by atoms with van der Waals surface area (Å²) in [6.45, 7) is 0.620. The van der Waals surface area contributed by atoms with Crippen LogP contribution in [-0.2, 0) is 6.54 Å². The van der Waals surface area contributed by atoms with E-state index in [0.29, 0.717) is 28.4 Å². The lowest BCUT2D eigenvalue weighted by atomic mass is 10.1. The van der Waals surface area contributed by atoms with Crippen LogP contribution in [0.5, 0.6) is 0 Å². The molecule has 4 aromatic carbocycles. The molecule has 0 aliphatic carbocycles. The van der Waals surface area contributed by atoms with Gasteiger partial charge in [0.1, 0.15) is 0 Å². The number of nitrogens with zero attached hydrogens (tertiary/aromatic N) is 1. The molecular weight excluding hydrogens is 469 g/mol. The molecule has 7 heteroatoms. The third-order valence-corrected chi connectivity index (χ3v) is 6.16. The molecule has 1 heterocycles. The van der Waals surface area contributed by atoms with Crippen molar-refractivity contribution in [2.45, 2.75) is 6.54 Å². The molecule has 0 unspecified atom stereocenters. The molecule has 4 aromatic rings. The third kappa shape index (κ3) is 4.23. The molecule has 1 aliphatic heterocycles. The molecule has 34 heavy (non-hydrogen) atoms. The van der Waals surface area contributed by atoms with E-state index >= 15 is 0 Å². The fourth-order valence-corrected chi connectivity index (χ4v) is 4.43. The van der Waals surface area contributed by atoms with E-state index in [1.54, 1.807) is 41.3 Å². The highest BCUT2D eigenvalue weighted by atomic mass is 35.5. The number of hydrogen-bond donors (Lipinski definition) is 2. The molecule has 0 fully saturated rings. The molecule has 168 valence electrons. The van der Waals surface area contributed by atoms with Crippen LogP contribution in [0.15, 0.2) is 91.0 Å². The molecular formula is C27H19Cl2N3O2. The number of nitrogens with one attached hydrogen (secondary N) is 2. The number of carbonyl (C=O) groups is 2. The minimum atomic E-state index is -0.359. The summed E-state index contributed by atoms with van der Waals surface area (Å²) >= 11 is 12.0. The van der Waals surface area contributed by atoms with Crippen molar-refractivity contribution in [3.63, 3.8) is 0 Å². The first-order chi connectivity index (χ1) is 16.5. The highest BCUT2D eigenvalue weighted by molar-refractivity contribution is 6.37. The number of fused-ring (bicyclic) bond motifs is 2. The van der Waals surface area contributed by atoms with E-state index in [1.165, 1.54) is 6.07 Å². The summed E-state index contributed by atoms with van der Waals surface area (Å²) in [7, 11) is 0. The Morgan fingerprint density at radius 3 is 2.29 bits per heavy atom. The molecule has 0 spiro atoms. The fraction of sp³-hybridized carbons (Fsp3) is 0.0370. The Balaban J connectivity index is 1.43. The molecule has 0 radical (unpaired) electrons. The summed E-state index contributed by atoms with van der Waals surface area (Å²) in [6.07, 6.45) is 0. The molecule has 0 bridgehead atoms. The van der Waals surface area contributed by atoms with Crippen LogP contribution in [-0.4, -0.2) is 11.8 Å². The van der Waals surface area contributed by atoms with E-state index < -0.39 is 0 Å². The van der Waals surface area contributed by atoms with Crippen molar-refractivity contribution >= 4 is 57.8 Å². The van der Waals surface area contributed by atoms with E-state index in [-0.39, 0.29) is 16.8 Å². The Bertz CT molecular complexity index is 1360. The average molecular weight is 488 g/mol. The smallest absolute Gasteiger partial charge is 0.262 e. The van der Waals surface area contributed by atoms with Gasteiger partial charge in [0, 0.05) is 22.8 Å². The average Bonchev–Trinajstić information content (AvgIpc) is 3.01. The van der Waals surface area contributed by atoms with Crippen LogP contribution in [0.25, 0.3) is 0 Å². The van der Waals surface area contributed by atoms with Crippen LogP contribution in [0.3, 0.4) is 0 Å². The summed E-state index contributed by atoms with van der Waals surface area (Å²) < 4.78 is 0. The molecule has 0 aromatic heterocycles. The quantitative estimate of drug-likeness (QED) is 0.322. The third-order valence-electron chi connectivity index (χ3n) is 5.62. The predicted molar refractivity (Wildman–Crippen MR) is 138 cm³/mol. The van der Waals surface area contributed by atoms with Crippen molar-refractivity contribution in [3.8, 4) is 0 Å². The molecule has 5 rings (SSSR count). The van der Waals surface area contributed by atoms with Gasteiger partial charge in [-0.15, -0.1) is 0 Å². The molecule has 0 saturated heterocycles. The highest BCUT2D eigenvalue weighted by Gasteiger charge is 2.26. The van der Waals surface area contributed by atoms with Crippen molar-refractivity contribution in [3.05, 3.63) is 118 Å². The second-order valence-corrected chi connectivity index (χ2v) is 8.64. The molecule has 0 atom stereocenters. The Kier molecular flexibility index (Phi) is 5.97. The SMILES string of the molecule is O=C(Nc1ccc(C(=O)N2c3ccccc3CNc3ccccc32)cc1)c1ccc(Cl)cc1Cl. The number of amides is 2. The molecule has 0 saturated carbocycles. The van der Waals surface area contributed by atoms with E-state index in [0.717, 1.165) is 22.6 Å². The highest BCUT2D eigenvalue weighted by Crippen LogP contribution is 2.38. The number of benzene rings is 4. The molecule has 5 nitrogen and oxygen atoms in total. The van der Waals surface area contributed by atoms with Gasteiger partial charge in [-0.25, -0.2) is 0 Å². The van der Waals surface area contributed by atoms with E-state index in [9.17, 15) is 9.59 Å². The zero-order valence-corrected chi connectivity index (χ0v) is 19.4. The second kappa shape index (κ2) is 9.21. The van der Waals surface area contributed by atoms with Crippen LogP contribution in [0, 0.1) is 0 Å². The van der Waals surface area contributed by atoms with E-state index in [2.05, 4.69) is 10.6 Å². The van der Waals surface area contributed by atoms with E-state index in [4.69, 9.17) is 23.2 Å². The predicted octanol–water partition coefficient (Wildman–Crippen LogP) is 7.15. The number of halogens is 2. The lowest BCUT2D eigenvalue weighted by molar-refractivity contribution is 0.0997. The molecule has 2 amide bonds. The summed E-state index contributed by atoms with van der Waals surface area (Å²) in [5.41, 5.74) is 4.88. The van der Waals surface area contributed by atoms with Gasteiger partial charge in [0.05, 0.1) is 27.6 Å². The standard InChI is InChI=1S/C27H19Cl2N3O2/c28-19-11-14-21(22(29)15-19)26(33)31-20-12-9-17(10-13-20)27(34)32-24-7-3-1-5-18(24)16-30-23-6-2-4-8-25(23)32/h1-15,30H,16H2,(H,31,33). The Hall–Kier alpha value is -3.80. The maximum absolute atomic E-state index is 13.7. The van der Waals surface area contributed by atoms with Crippen molar-refractivity contribution in [2.75, 3.05) is 15.5 Å². The number of anilines is 4. The Labute approximate surface area is 206 Å². The Morgan fingerprint density at radius 2 is 1.53 bits per heavy atom. The van der Waals surface area contributed by atoms with Crippen LogP contribution in [0.4, 0.5) is 22.7 Å². The minimum absolute atomic E-state index is 0.165. The summed E-state index contributed by atoms with van der Waals surface area (Å²) in [6, 6.07) is 27.1. The maximum Gasteiger partial charge on any atom is 0.262 e. The first-order valence-corrected chi connectivity index (χ1v) is 11.4. The van der Waals surface area contributed by atoms with Gasteiger partial charge in [-0.2, -0.15) is 0 Å². The maximum atomic E-state index is 13.7. The van der Waals surface area contributed by atoms with Gasteiger partial charge in [-0.1, -0.05) is 53.5 Å². The number of rotatable bonds is 3. The van der Waals surface area contributed by atoms with Crippen LogP contribution >= 0.6 is 23.2 Å². The van der Waals surface area contributed by atoms with E-state index in [1.807, 2.05) is 48.5 Å². The topological polar surface area (TPSA) is 61.4 Å². The first-order valence-electron chi connectivity index (χ1n) is 10.6. The summed E-state index contributed by atoms with van der Waals surface area (Å²) in [4.78, 5) is 28.0. The minimum Gasteiger partial charge on any atom is -0.379 e.